The van der Waals surface area contributed by atoms with Gasteiger partial charge in [0.2, 0.25) is 0 Å². The molecule has 0 aromatic carbocycles. The van der Waals surface area contributed by atoms with Gasteiger partial charge >= 0.3 is 0 Å². The summed E-state index contributed by atoms with van der Waals surface area (Å²) in [5.74, 6) is 3.79. The number of allylic oxidation sites excluding steroid dienone is 2. The number of hydrogen-bond donors (Lipinski definition) is 0. The Kier molecular flexibility index (Phi) is 1.95. The molecule has 0 unspecified atom stereocenters. The van der Waals surface area contributed by atoms with Gasteiger partial charge in [-0.25, -0.2) is 0 Å². The summed E-state index contributed by atoms with van der Waals surface area (Å²) in [5.41, 5.74) is 1.17. The Labute approximate surface area is 122 Å². The third-order valence-corrected chi connectivity index (χ3v) is 8.70. The van der Waals surface area contributed by atoms with Crippen LogP contribution in [0.1, 0.15) is 58.8 Å². The molecular weight excluding hydrogens is 244 g/mol. The molecule has 0 aromatic heterocycles. The standard InChI is InChI=1S/C19H26O/c1-17-8-7-15-13(14(17)3-4-16(17)20)6-10-19-11-12(19)5-9-18(15,19)2/h6,10,12-15H,3-5,7-9,11H2,1-2H3/t12-,13-,14+,15-,17+,18+,19+/m1/s1. The molecule has 1 heteroatoms. The van der Waals surface area contributed by atoms with Gasteiger partial charge < -0.3 is 0 Å². The maximum atomic E-state index is 12.4. The summed E-state index contributed by atoms with van der Waals surface area (Å²) in [4.78, 5) is 12.4. The van der Waals surface area contributed by atoms with E-state index in [4.69, 9.17) is 0 Å². The summed E-state index contributed by atoms with van der Waals surface area (Å²) in [6.45, 7) is 4.87. The highest BCUT2D eigenvalue weighted by atomic mass is 16.1. The smallest absolute Gasteiger partial charge is 0.139 e. The Morgan fingerprint density at radius 3 is 2.75 bits per heavy atom. The van der Waals surface area contributed by atoms with Crippen LogP contribution < -0.4 is 0 Å². The van der Waals surface area contributed by atoms with Crippen LogP contribution in [0.4, 0.5) is 0 Å². The Bertz CT molecular complexity index is 534. The van der Waals surface area contributed by atoms with Gasteiger partial charge in [0.25, 0.3) is 0 Å². The van der Waals surface area contributed by atoms with Crippen LogP contribution in [-0.2, 0) is 4.79 Å². The average Bonchev–Trinajstić information content (AvgIpc) is 2.96. The van der Waals surface area contributed by atoms with Gasteiger partial charge in [0.1, 0.15) is 5.78 Å². The van der Waals surface area contributed by atoms with Crippen molar-refractivity contribution in [1.82, 2.24) is 0 Å². The molecule has 1 nitrogen and oxygen atoms in total. The van der Waals surface area contributed by atoms with Crippen LogP contribution in [0.2, 0.25) is 0 Å². The van der Waals surface area contributed by atoms with Gasteiger partial charge in [-0.15, -0.1) is 0 Å². The van der Waals surface area contributed by atoms with Crippen LogP contribution in [0.5, 0.6) is 0 Å². The van der Waals surface area contributed by atoms with E-state index in [2.05, 4.69) is 26.0 Å². The maximum absolute atomic E-state index is 12.4. The van der Waals surface area contributed by atoms with E-state index in [0.29, 0.717) is 28.4 Å². The molecule has 5 aliphatic carbocycles. The van der Waals surface area contributed by atoms with E-state index in [0.717, 1.165) is 24.7 Å². The zero-order valence-corrected chi connectivity index (χ0v) is 12.8. The van der Waals surface area contributed by atoms with Gasteiger partial charge in [-0.1, -0.05) is 26.0 Å². The second-order valence-corrected chi connectivity index (χ2v) is 8.97. The van der Waals surface area contributed by atoms with Crippen molar-refractivity contribution < 1.29 is 4.79 Å². The first-order valence-electron chi connectivity index (χ1n) is 8.74. The lowest BCUT2D eigenvalue weighted by atomic mass is 9.49. The molecule has 0 heterocycles. The minimum Gasteiger partial charge on any atom is -0.299 e. The van der Waals surface area contributed by atoms with Crippen molar-refractivity contribution in [2.45, 2.75) is 58.8 Å². The minimum atomic E-state index is 0.0218. The van der Waals surface area contributed by atoms with Crippen LogP contribution >= 0.6 is 0 Å². The van der Waals surface area contributed by atoms with Crippen molar-refractivity contribution in [3.63, 3.8) is 0 Å². The van der Waals surface area contributed by atoms with E-state index in [1.807, 2.05) is 0 Å². The normalized spacial score (nSPS) is 62.6. The second kappa shape index (κ2) is 3.25. The molecule has 7 atom stereocenters. The van der Waals surface area contributed by atoms with E-state index < -0.39 is 0 Å². The van der Waals surface area contributed by atoms with Crippen LogP contribution in [0.3, 0.4) is 0 Å². The molecule has 0 radical (unpaired) electrons. The Morgan fingerprint density at radius 2 is 1.95 bits per heavy atom. The summed E-state index contributed by atoms with van der Waals surface area (Å²) in [5, 5.41) is 0. The molecule has 0 saturated heterocycles. The first-order chi connectivity index (χ1) is 9.51. The summed E-state index contributed by atoms with van der Waals surface area (Å²) in [6, 6.07) is 0. The van der Waals surface area contributed by atoms with Crippen LogP contribution in [0.25, 0.3) is 0 Å². The first-order valence-corrected chi connectivity index (χ1v) is 8.74. The lowest BCUT2D eigenvalue weighted by molar-refractivity contribution is -0.131. The first kappa shape index (κ1) is 12.0. The zero-order chi connectivity index (χ0) is 13.8. The lowest BCUT2D eigenvalue weighted by Gasteiger charge is -2.55. The van der Waals surface area contributed by atoms with Crippen molar-refractivity contribution in [2.24, 2.45) is 39.9 Å². The molecule has 1 spiro atoms. The number of hydrogen-bond acceptors (Lipinski definition) is 1. The summed E-state index contributed by atoms with van der Waals surface area (Å²) in [7, 11) is 0. The van der Waals surface area contributed by atoms with Gasteiger partial charge in [0.15, 0.2) is 0 Å². The number of ketones is 1. The number of rotatable bonds is 0. The Morgan fingerprint density at radius 1 is 1.10 bits per heavy atom. The molecule has 5 aliphatic rings. The molecule has 0 bridgehead atoms. The van der Waals surface area contributed by atoms with Crippen LogP contribution in [-0.4, -0.2) is 5.78 Å². The number of carbonyl (C=O) groups is 1. The van der Waals surface area contributed by atoms with E-state index in [1.165, 1.54) is 32.1 Å². The topological polar surface area (TPSA) is 17.1 Å². The molecule has 4 saturated carbocycles. The molecule has 4 fully saturated rings. The summed E-state index contributed by atoms with van der Waals surface area (Å²) >= 11 is 0. The fourth-order valence-corrected chi connectivity index (χ4v) is 7.30. The highest BCUT2D eigenvalue weighted by Gasteiger charge is 2.72. The van der Waals surface area contributed by atoms with Gasteiger partial charge in [0, 0.05) is 11.8 Å². The number of carbonyl (C=O) groups excluding carboxylic acids is 1. The van der Waals surface area contributed by atoms with Gasteiger partial charge in [-0.3, -0.25) is 4.79 Å². The average molecular weight is 270 g/mol. The third kappa shape index (κ3) is 1.06. The van der Waals surface area contributed by atoms with Gasteiger partial charge in [0.05, 0.1) is 0 Å². The molecule has 0 aliphatic heterocycles. The lowest BCUT2D eigenvalue weighted by Crippen LogP contribution is -2.50. The predicted octanol–water partition coefficient (Wildman–Crippen LogP) is 4.37. The Hall–Kier alpha value is -0.590. The maximum Gasteiger partial charge on any atom is 0.139 e. The molecule has 108 valence electrons. The molecular formula is C19H26O. The quantitative estimate of drug-likeness (QED) is 0.597. The zero-order valence-electron chi connectivity index (χ0n) is 12.8. The van der Waals surface area contributed by atoms with Crippen molar-refractivity contribution >= 4 is 5.78 Å². The molecule has 5 rings (SSSR count). The summed E-state index contributed by atoms with van der Waals surface area (Å²) in [6.07, 6.45) is 14.1. The fourth-order valence-electron chi connectivity index (χ4n) is 7.30. The third-order valence-electron chi connectivity index (χ3n) is 8.70. The van der Waals surface area contributed by atoms with Crippen molar-refractivity contribution in [3.8, 4) is 0 Å². The summed E-state index contributed by atoms with van der Waals surface area (Å²) < 4.78 is 0. The van der Waals surface area contributed by atoms with Crippen LogP contribution in [0.15, 0.2) is 12.2 Å². The SMILES string of the molecule is C[C@@]12CC[C@@H]3C[C@@]31C=C[C@H]1[C@H]2CC[C@]2(C)C(=O)CC[C@@H]12. The highest BCUT2D eigenvalue weighted by Crippen LogP contribution is 2.79. The number of fused-ring (bicyclic) bond motifs is 4. The van der Waals surface area contributed by atoms with Crippen LogP contribution in [0, 0.1) is 39.9 Å². The largest absolute Gasteiger partial charge is 0.299 e. The highest BCUT2D eigenvalue weighted by molar-refractivity contribution is 5.87. The fraction of sp³-hybridized carbons (Fsp3) is 0.842. The van der Waals surface area contributed by atoms with Gasteiger partial charge in [-0.2, -0.15) is 0 Å². The van der Waals surface area contributed by atoms with E-state index in [1.54, 1.807) is 0 Å². The molecule has 0 amide bonds. The van der Waals surface area contributed by atoms with Crippen molar-refractivity contribution in [1.29, 1.82) is 0 Å². The monoisotopic (exact) mass is 270 g/mol. The van der Waals surface area contributed by atoms with E-state index >= 15 is 0 Å². The van der Waals surface area contributed by atoms with Gasteiger partial charge in [-0.05, 0) is 73.0 Å². The number of Topliss-reactive ketones (excluding diaryl/α,β-unsaturated/α-hetero) is 1. The predicted molar refractivity (Wildman–Crippen MR) is 79.1 cm³/mol. The Balaban J connectivity index is 1.59. The molecule has 0 aromatic rings. The van der Waals surface area contributed by atoms with E-state index in [9.17, 15) is 4.79 Å². The van der Waals surface area contributed by atoms with Crippen molar-refractivity contribution in [3.05, 3.63) is 12.2 Å². The molecule has 0 N–H and O–H groups in total. The van der Waals surface area contributed by atoms with Crippen molar-refractivity contribution in [2.75, 3.05) is 0 Å². The minimum absolute atomic E-state index is 0.0218. The molecule has 20 heavy (non-hydrogen) atoms. The van der Waals surface area contributed by atoms with E-state index in [-0.39, 0.29) is 5.41 Å². The second-order valence-electron chi connectivity index (χ2n) is 8.97.